The van der Waals surface area contributed by atoms with Gasteiger partial charge in [0.1, 0.15) is 0 Å². The molecule has 29 heavy (non-hydrogen) atoms. The molecule has 5 rings (SSSR count). The molecular weight excluding hydrogens is 358 g/mol. The Bertz CT molecular complexity index is 1130. The number of benzene rings is 2. The van der Waals surface area contributed by atoms with Crippen LogP contribution in [0.5, 0.6) is 0 Å². The summed E-state index contributed by atoms with van der Waals surface area (Å²) in [5.41, 5.74) is 4.22. The molecular formula is C25H23N3O. The fourth-order valence-electron chi connectivity index (χ4n) is 4.41. The summed E-state index contributed by atoms with van der Waals surface area (Å²) < 4.78 is 2.19. The highest BCUT2D eigenvalue weighted by atomic mass is 16.2. The number of hydrogen-bond acceptors (Lipinski definition) is 2. The molecule has 1 aliphatic heterocycles. The number of hydrogen-bond donors (Lipinski definition) is 0. The molecule has 1 fully saturated rings. The van der Waals surface area contributed by atoms with Crippen molar-refractivity contribution in [3.63, 3.8) is 0 Å². The zero-order chi connectivity index (χ0) is 19.6. The van der Waals surface area contributed by atoms with Crippen molar-refractivity contribution in [2.24, 2.45) is 0 Å². The molecule has 0 aliphatic carbocycles. The van der Waals surface area contributed by atoms with Crippen LogP contribution in [-0.4, -0.2) is 26.9 Å². The molecule has 1 saturated heterocycles. The van der Waals surface area contributed by atoms with Crippen molar-refractivity contribution in [1.29, 1.82) is 0 Å². The molecule has 0 spiro atoms. The van der Waals surface area contributed by atoms with Crippen LogP contribution in [0.1, 0.15) is 40.4 Å². The molecule has 0 N–H and O–H groups in total. The molecule has 1 aliphatic rings. The third-order valence-corrected chi connectivity index (χ3v) is 5.80. The molecule has 0 saturated carbocycles. The number of carbonyl (C=O) groups excluding carboxylic acids is 1. The molecule has 144 valence electrons. The van der Waals surface area contributed by atoms with Crippen LogP contribution in [0.25, 0.3) is 10.9 Å². The van der Waals surface area contributed by atoms with E-state index in [4.69, 9.17) is 0 Å². The molecule has 1 atom stereocenters. The minimum absolute atomic E-state index is 0.104. The first kappa shape index (κ1) is 17.7. The maximum atomic E-state index is 13.6. The highest BCUT2D eigenvalue weighted by Gasteiger charge is 2.32. The molecule has 4 nitrogen and oxygen atoms in total. The Balaban J connectivity index is 1.52. The lowest BCUT2D eigenvalue weighted by molar-refractivity contribution is 0.0737. The minimum Gasteiger partial charge on any atom is -0.342 e. The van der Waals surface area contributed by atoms with E-state index in [-0.39, 0.29) is 11.9 Å². The van der Waals surface area contributed by atoms with E-state index in [1.54, 1.807) is 6.20 Å². The van der Waals surface area contributed by atoms with Gasteiger partial charge >= 0.3 is 0 Å². The van der Waals surface area contributed by atoms with Gasteiger partial charge in [0.25, 0.3) is 5.91 Å². The monoisotopic (exact) mass is 381 g/mol. The summed E-state index contributed by atoms with van der Waals surface area (Å²) in [6, 6.07) is 22.7. The standard InChI is InChI=1S/C25H23N3O/c29-25(28-15-7-13-23(28)20-10-6-14-26-16-20)22-18-27(17-19-8-2-1-3-9-19)24-12-5-4-11-21(22)24/h1-6,8-12,14,16,18,23H,7,13,15,17H2/t23-/m1/s1. The minimum atomic E-state index is 0.104. The maximum absolute atomic E-state index is 13.6. The number of fused-ring (bicyclic) bond motifs is 1. The van der Waals surface area contributed by atoms with Crippen molar-refractivity contribution >= 4 is 16.8 Å². The summed E-state index contributed by atoms with van der Waals surface area (Å²) >= 11 is 0. The summed E-state index contributed by atoms with van der Waals surface area (Å²) in [5, 5.41) is 1.02. The Labute approximate surface area is 170 Å². The van der Waals surface area contributed by atoms with Gasteiger partial charge in [-0.3, -0.25) is 9.78 Å². The van der Waals surface area contributed by atoms with E-state index in [1.807, 2.05) is 41.6 Å². The van der Waals surface area contributed by atoms with Gasteiger partial charge in [-0.25, -0.2) is 0 Å². The largest absolute Gasteiger partial charge is 0.342 e. The second-order valence-corrected chi connectivity index (χ2v) is 7.62. The highest BCUT2D eigenvalue weighted by Crippen LogP contribution is 2.34. The van der Waals surface area contributed by atoms with Gasteiger partial charge in [-0.1, -0.05) is 54.6 Å². The Morgan fingerprint density at radius 3 is 2.66 bits per heavy atom. The average Bonchev–Trinajstić information content (AvgIpc) is 3.41. The van der Waals surface area contributed by atoms with E-state index in [2.05, 4.69) is 52.0 Å². The van der Waals surface area contributed by atoms with Crippen LogP contribution in [0.4, 0.5) is 0 Å². The number of carbonyl (C=O) groups is 1. The Kier molecular flexibility index (Phi) is 4.60. The van der Waals surface area contributed by atoms with Gasteiger partial charge in [-0.05, 0) is 36.1 Å². The predicted molar refractivity (Wildman–Crippen MR) is 115 cm³/mol. The van der Waals surface area contributed by atoms with Crippen LogP contribution in [0.3, 0.4) is 0 Å². The lowest BCUT2D eigenvalue weighted by Gasteiger charge is -2.24. The van der Waals surface area contributed by atoms with Crippen molar-refractivity contribution in [1.82, 2.24) is 14.5 Å². The number of rotatable bonds is 4. The van der Waals surface area contributed by atoms with E-state index in [1.165, 1.54) is 5.56 Å². The number of para-hydroxylation sites is 1. The van der Waals surface area contributed by atoms with Crippen LogP contribution in [0, 0.1) is 0 Å². The van der Waals surface area contributed by atoms with Gasteiger partial charge in [0, 0.05) is 42.6 Å². The lowest BCUT2D eigenvalue weighted by Crippen LogP contribution is -2.30. The molecule has 4 aromatic rings. The third kappa shape index (κ3) is 3.31. The second kappa shape index (κ2) is 7.55. The molecule has 2 aromatic carbocycles. The molecule has 3 heterocycles. The molecule has 1 amide bonds. The zero-order valence-electron chi connectivity index (χ0n) is 16.2. The first-order chi connectivity index (χ1) is 14.3. The van der Waals surface area contributed by atoms with Gasteiger partial charge in [0.2, 0.25) is 0 Å². The predicted octanol–water partition coefficient (Wildman–Crippen LogP) is 5.06. The first-order valence-corrected chi connectivity index (χ1v) is 10.1. The summed E-state index contributed by atoms with van der Waals surface area (Å²) in [4.78, 5) is 19.9. The third-order valence-electron chi connectivity index (χ3n) is 5.80. The van der Waals surface area contributed by atoms with Gasteiger partial charge < -0.3 is 9.47 Å². The van der Waals surface area contributed by atoms with Crippen molar-refractivity contribution in [3.05, 3.63) is 102 Å². The molecule has 2 aromatic heterocycles. The van der Waals surface area contributed by atoms with E-state index in [0.717, 1.165) is 48.0 Å². The highest BCUT2D eigenvalue weighted by molar-refractivity contribution is 6.07. The molecule has 0 unspecified atom stereocenters. The van der Waals surface area contributed by atoms with E-state index in [9.17, 15) is 4.79 Å². The van der Waals surface area contributed by atoms with Crippen LogP contribution in [-0.2, 0) is 6.54 Å². The van der Waals surface area contributed by atoms with Crippen molar-refractivity contribution in [2.45, 2.75) is 25.4 Å². The first-order valence-electron chi connectivity index (χ1n) is 10.1. The number of nitrogens with zero attached hydrogens (tertiary/aromatic N) is 3. The average molecular weight is 381 g/mol. The van der Waals surface area contributed by atoms with Crippen LogP contribution in [0.15, 0.2) is 85.3 Å². The second-order valence-electron chi connectivity index (χ2n) is 7.62. The van der Waals surface area contributed by atoms with Crippen LogP contribution in [0.2, 0.25) is 0 Å². The van der Waals surface area contributed by atoms with Crippen LogP contribution >= 0.6 is 0 Å². The van der Waals surface area contributed by atoms with Crippen molar-refractivity contribution in [3.8, 4) is 0 Å². The Morgan fingerprint density at radius 1 is 1.00 bits per heavy atom. The SMILES string of the molecule is O=C(c1cn(Cc2ccccc2)c2ccccc12)N1CCC[C@@H]1c1cccnc1. The van der Waals surface area contributed by atoms with Gasteiger partial charge in [-0.15, -0.1) is 0 Å². The molecule has 0 radical (unpaired) electrons. The van der Waals surface area contributed by atoms with E-state index < -0.39 is 0 Å². The lowest BCUT2D eigenvalue weighted by atomic mass is 10.1. The van der Waals surface area contributed by atoms with E-state index >= 15 is 0 Å². The van der Waals surface area contributed by atoms with Crippen molar-refractivity contribution in [2.75, 3.05) is 6.54 Å². The Hall–Kier alpha value is -3.40. The summed E-state index contributed by atoms with van der Waals surface area (Å²) in [5.74, 6) is 0.111. The number of pyridine rings is 1. The Morgan fingerprint density at radius 2 is 1.83 bits per heavy atom. The summed E-state index contributed by atoms with van der Waals surface area (Å²) in [6.45, 7) is 1.54. The summed E-state index contributed by atoms with van der Waals surface area (Å²) in [6.07, 6.45) is 7.70. The zero-order valence-corrected chi connectivity index (χ0v) is 16.2. The van der Waals surface area contributed by atoms with Gasteiger partial charge in [0.05, 0.1) is 11.6 Å². The topological polar surface area (TPSA) is 38.1 Å². The number of likely N-dealkylation sites (tertiary alicyclic amines) is 1. The smallest absolute Gasteiger partial charge is 0.256 e. The molecule has 0 bridgehead atoms. The quantitative estimate of drug-likeness (QED) is 0.495. The number of aromatic nitrogens is 2. The van der Waals surface area contributed by atoms with E-state index in [0.29, 0.717) is 0 Å². The van der Waals surface area contributed by atoms with Gasteiger partial charge in [-0.2, -0.15) is 0 Å². The van der Waals surface area contributed by atoms with Crippen LogP contribution < -0.4 is 0 Å². The molecule has 4 heteroatoms. The van der Waals surface area contributed by atoms with Crippen molar-refractivity contribution < 1.29 is 4.79 Å². The normalized spacial score (nSPS) is 16.4. The fraction of sp³-hybridized carbons (Fsp3) is 0.200. The summed E-state index contributed by atoms with van der Waals surface area (Å²) in [7, 11) is 0. The fourth-order valence-corrected chi connectivity index (χ4v) is 4.41. The maximum Gasteiger partial charge on any atom is 0.256 e. The number of amides is 1. The van der Waals surface area contributed by atoms with Gasteiger partial charge in [0.15, 0.2) is 0 Å².